The average Bonchev–Trinajstić information content (AvgIpc) is 3.12. The molecule has 2 aromatic carbocycles. The first-order chi connectivity index (χ1) is 13.2. The van der Waals surface area contributed by atoms with E-state index in [1.54, 1.807) is 11.3 Å². The third-order valence-corrected chi connectivity index (χ3v) is 6.43. The minimum absolute atomic E-state index is 0.0891. The molecule has 4 nitrogen and oxygen atoms in total. The van der Waals surface area contributed by atoms with Crippen LogP contribution in [0.2, 0.25) is 0 Å². The van der Waals surface area contributed by atoms with Gasteiger partial charge in [0.1, 0.15) is 5.01 Å². The number of aromatic nitrogens is 1. The van der Waals surface area contributed by atoms with Crippen molar-refractivity contribution in [1.82, 2.24) is 15.2 Å². The maximum atomic E-state index is 12.6. The number of aryl methyl sites for hydroxylation is 1. The van der Waals surface area contributed by atoms with E-state index in [9.17, 15) is 4.79 Å². The molecule has 2 heterocycles. The standard InChI is InChI=1S/C22H25N3OS/c1-16-8-2-3-9-17(16)14-23-21(26)15-25-13-7-6-11-19(25)22-24-18-10-4-5-12-20(18)27-22/h2-5,8-10,12,19H,6-7,11,13-15H2,1H3,(H,23,26)/t19-/m1/s1. The van der Waals surface area contributed by atoms with Crippen molar-refractivity contribution in [2.24, 2.45) is 0 Å². The number of benzene rings is 2. The number of amides is 1. The lowest BCUT2D eigenvalue weighted by Gasteiger charge is -2.33. The van der Waals surface area contributed by atoms with Crippen molar-refractivity contribution in [2.45, 2.75) is 38.8 Å². The third kappa shape index (κ3) is 4.20. The molecule has 5 heteroatoms. The molecule has 1 fully saturated rings. The Morgan fingerprint density at radius 3 is 2.85 bits per heavy atom. The first-order valence-electron chi connectivity index (χ1n) is 9.61. The van der Waals surface area contributed by atoms with Crippen LogP contribution in [0.1, 0.15) is 41.4 Å². The molecule has 1 amide bonds. The molecule has 1 aromatic heterocycles. The number of carbonyl (C=O) groups is 1. The Hall–Kier alpha value is -2.24. The van der Waals surface area contributed by atoms with E-state index >= 15 is 0 Å². The summed E-state index contributed by atoms with van der Waals surface area (Å²) in [5.41, 5.74) is 3.45. The van der Waals surface area contributed by atoms with Crippen molar-refractivity contribution in [3.05, 3.63) is 64.7 Å². The highest BCUT2D eigenvalue weighted by molar-refractivity contribution is 7.18. The van der Waals surface area contributed by atoms with Crippen LogP contribution in [0.3, 0.4) is 0 Å². The zero-order chi connectivity index (χ0) is 18.6. The van der Waals surface area contributed by atoms with Crippen LogP contribution in [0, 0.1) is 6.92 Å². The Labute approximate surface area is 164 Å². The molecule has 0 radical (unpaired) electrons. The van der Waals surface area contributed by atoms with Gasteiger partial charge < -0.3 is 5.32 Å². The van der Waals surface area contributed by atoms with Crippen molar-refractivity contribution < 1.29 is 4.79 Å². The molecule has 0 aliphatic carbocycles. The minimum atomic E-state index is 0.0891. The molecular formula is C22H25N3OS. The lowest BCUT2D eigenvalue weighted by molar-refractivity contribution is -0.123. The van der Waals surface area contributed by atoms with Crippen LogP contribution >= 0.6 is 11.3 Å². The number of hydrogen-bond acceptors (Lipinski definition) is 4. The quantitative estimate of drug-likeness (QED) is 0.712. The van der Waals surface area contributed by atoms with Gasteiger partial charge in [-0.15, -0.1) is 11.3 Å². The number of piperidine rings is 1. The van der Waals surface area contributed by atoms with E-state index in [4.69, 9.17) is 4.98 Å². The fraction of sp³-hybridized carbons (Fsp3) is 0.364. The van der Waals surface area contributed by atoms with E-state index in [0.29, 0.717) is 13.1 Å². The fourth-order valence-electron chi connectivity index (χ4n) is 3.74. The Kier molecular flexibility index (Phi) is 5.50. The molecule has 0 bridgehead atoms. The highest BCUT2D eigenvalue weighted by Gasteiger charge is 2.28. The Balaban J connectivity index is 1.43. The molecule has 0 spiro atoms. The molecule has 0 saturated carbocycles. The van der Waals surface area contributed by atoms with Gasteiger partial charge in [0, 0.05) is 6.54 Å². The van der Waals surface area contributed by atoms with Gasteiger partial charge in [-0.25, -0.2) is 4.98 Å². The molecular weight excluding hydrogens is 354 g/mol. The van der Waals surface area contributed by atoms with E-state index < -0.39 is 0 Å². The van der Waals surface area contributed by atoms with E-state index in [2.05, 4.69) is 47.5 Å². The molecule has 1 aliphatic heterocycles. The summed E-state index contributed by atoms with van der Waals surface area (Å²) in [4.78, 5) is 19.7. The summed E-state index contributed by atoms with van der Waals surface area (Å²) in [6.45, 7) is 4.06. The van der Waals surface area contributed by atoms with Crippen LogP contribution in [-0.4, -0.2) is 28.9 Å². The van der Waals surface area contributed by atoms with Gasteiger partial charge in [-0.1, -0.05) is 42.8 Å². The highest BCUT2D eigenvalue weighted by atomic mass is 32.1. The number of carbonyl (C=O) groups excluding carboxylic acids is 1. The van der Waals surface area contributed by atoms with Crippen LogP contribution in [0.15, 0.2) is 48.5 Å². The highest BCUT2D eigenvalue weighted by Crippen LogP contribution is 2.35. The minimum Gasteiger partial charge on any atom is -0.351 e. The number of likely N-dealkylation sites (tertiary alicyclic amines) is 1. The van der Waals surface area contributed by atoms with Gasteiger partial charge in [-0.2, -0.15) is 0 Å². The van der Waals surface area contributed by atoms with E-state index in [-0.39, 0.29) is 11.9 Å². The number of para-hydroxylation sites is 1. The van der Waals surface area contributed by atoms with E-state index in [1.165, 1.54) is 22.2 Å². The number of hydrogen-bond donors (Lipinski definition) is 1. The van der Waals surface area contributed by atoms with Crippen LogP contribution in [0.25, 0.3) is 10.2 Å². The molecule has 4 rings (SSSR count). The van der Waals surface area contributed by atoms with Crippen molar-refractivity contribution in [2.75, 3.05) is 13.1 Å². The molecule has 1 N–H and O–H groups in total. The van der Waals surface area contributed by atoms with Crippen molar-refractivity contribution in [1.29, 1.82) is 0 Å². The molecule has 140 valence electrons. The van der Waals surface area contributed by atoms with Gasteiger partial charge in [-0.3, -0.25) is 9.69 Å². The summed E-state index contributed by atoms with van der Waals surface area (Å²) in [7, 11) is 0. The van der Waals surface area contributed by atoms with Crippen molar-refractivity contribution in [3.8, 4) is 0 Å². The van der Waals surface area contributed by atoms with Crippen LogP contribution in [-0.2, 0) is 11.3 Å². The maximum absolute atomic E-state index is 12.6. The van der Waals surface area contributed by atoms with Gasteiger partial charge >= 0.3 is 0 Å². The van der Waals surface area contributed by atoms with Crippen molar-refractivity contribution in [3.63, 3.8) is 0 Å². The fourth-order valence-corrected chi connectivity index (χ4v) is 4.87. The van der Waals surface area contributed by atoms with Gasteiger partial charge in [0.2, 0.25) is 5.91 Å². The second-order valence-corrected chi connectivity index (χ2v) is 8.27. The Bertz CT molecular complexity index is 903. The van der Waals surface area contributed by atoms with E-state index in [1.807, 2.05) is 18.2 Å². The SMILES string of the molecule is Cc1ccccc1CNC(=O)CN1CCCC[C@@H]1c1nc2ccccc2s1. The summed E-state index contributed by atoms with van der Waals surface area (Å²) in [5, 5.41) is 4.23. The number of thiazole rings is 1. The van der Waals surface area contributed by atoms with Gasteiger partial charge in [0.05, 0.1) is 22.8 Å². The topological polar surface area (TPSA) is 45.2 Å². The Morgan fingerprint density at radius 1 is 1.19 bits per heavy atom. The smallest absolute Gasteiger partial charge is 0.234 e. The second kappa shape index (κ2) is 8.19. The van der Waals surface area contributed by atoms with Crippen LogP contribution < -0.4 is 5.32 Å². The molecule has 3 aromatic rings. The van der Waals surface area contributed by atoms with Gasteiger partial charge in [0.25, 0.3) is 0 Å². The largest absolute Gasteiger partial charge is 0.351 e. The van der Waals surface area contributed by atoms with Gasteiger partial charge in [-0.05, 0) is 49.6 Å². The van der Waals surface area contributed by atoms with Crippen molar-refractivity contribution >= 4 is 27.5 Å². The van der Waals surface area contributed by atoms with E-state index in [0.717, 1.165) is 29.9 Å². The zero-order valence-electron chi connectivity index (χ0n) is 15.6. The molecule has 1 saturated heterocycles. The van der Waals surface area contributed by atoms with Crippen LogP contribution in [0.5, 0.6) is 0 Å². The molecule has 1 aliphatic rings. The summed E-state index contributed by atoms with van der Waals surface area (Å²) in [6.07, 6.45) is 3.42. The second-order valence-electron chi connectivity index (χ2n) is 7.21. The molecule has 0 unspecified atom stereocenters. The lowest BCUT2D eigenvalue weighted by Crippen LogP contribution is -2.41. The zero-order valence-corrected chi connectivity index (χ0v) is 16.5. The average molecular weight is 380 g/mol. The number of nitrogens with one attached hydrogen (secondary N) is 1. The summed E-state index contributed by atoms with van der Waals surface area (Å²) < 4.78 is 1.22. The predicted octanol–water partition coefficient (Wildman–Crippen LogP) is 4.45. The summed E-state index contributed by atoms with van der Waals surface area (Å²) in [6, 6.07) is 16.7. The Morgan fingerprint density at radius 2 is 2.00 bits per heavy atom. The normalized spacial score (nSPS) is 17.9. The van der Waals surface area contributed by atoms with Crippen LogP contribution in [0.4, 0.5) is 0 Å². The predicted molar refractivity (Wildman–Crippen MR) is 111 cm³/mol. The third-order valence-electron chi connectivity index (χ3n) is 5.29. The molecule has 1 atom stereocenters. The van der Waals surface area contributed by atoms with Gasteiger partial charge in [0.15, 0.2) is 0 Å². The summed E-state index contributed by atoms with van der Waals surface area (Å²) in [5.74, 6) is 0.0891. The first-order valence-corrected chi connectivity index (χ1v) is 10.4. The number of nitrogens with zero attached hydrogens (tertiary/aromatic N) is 2. The maximum Gasteiger partial charge on any atom is 0.234 e. The lowest BCUT2D eigenvalue weighted by atomic mass is 10.0. The molecule has 27 heavy (non-hydrogen) atoms. The number of rotatable bonds is 5. The monoisotopic (exact) mass is 379 g/mol. The summed E-state index contributed by atoms with van der Waals surface area (Å²) >= 11 is 1.76. The number of fused-ring (bicyclic) bond motifs is 1. The first kappa shape index (κ1) is 18.1.